The molecule has 1 amide bonds. The van der Waals surface area contributed by atoms with Crippen molar-refractivity contribution in [2.24, 2.45) is 0 Å². The minimum absolute atomic E-state index is 0.0568. The maximum absolute atomic E-state index is 12.2. The van der Waals surface area contributed by atoms with Crippen molar-refractivity contribution >= 4 is 39.1 Å². The van der Waals surface area contributed by atoms with Crippen LogP contribution in [0.25, 0.3) is 0 Å². The third-order valence-corrected chi connectivity index (χ3v) is 5.97. The monoisotopic (exact) mass is 416 g/mol. The molecule has 0 radical (unpaired) electrons. The summed E-state index contributed by atoms with van der Waals surface area (Å²) >= 11 is 11.8. The summed E-state index contributed by atoms with van der Waals surface area (Å²) in [5.74, 6) is 0.214. The lowest BCUT2D eigenvalue weighted by Crippen LogP contribution is -2.28. The first-order valence-corrected chi connectivity index (χ1v) is 9.80. The van der Waals surface area contributed by atoms with Gasteiger partial charge < -0.3 is 10.1 Å². The predicted molar refractivity (Wildman–Crippen MR) is 102 cm³/mol. The normalized spacial score (nSPS) is 11.4. The molecule has 26 heavy (non-hydrogen) atoms. The molecule has 0 bridgehead atoms. The molecule has 0 aliphatic rings. The molecule has 140 valence electrons. The highest BCUT2D eigenvalue weighted by molar-refractivity contribution is 7.89. The lowest BCUT2D eigenvalue weighted by Gasteiger charge is -2.14. The fourth-order valence-corrected chi connectivity index (χ4v) is 3.53. The Morgan fingerprint density at radius 1 is 1.12 bits per heavy atom. The molecule has 0 aliphatic heterocycles. The third kappa shape index (κ3) is 5.11. The van der Waals surface area contributed by atoms with E-state index < -0.39 is 15.9 Å². The second-order valence-electron chi connectivity index (χ2n) is 5.49. The molecule has 2 rings (SSSR count). The van der Waals surface area contributed by atoms with E-state index >= 15 is 0 Å². The molecule has 0 fully saturated rings. The van der Waals surface area contributed by atoms with Crippen molar-refractivity contribution < 1.29 is 17.9 Å². The molecular formula is C17H18Cl2N2O4S. The number of nitrogens with one attached hydrogen (secondary N) is 1. The van der Waals surface area contributed by atoms with Gasteiger partial charge in [-0.3, -0.25) is 4.79 Å². The minimum atomic E-state index is -3.74. The minimum Gasteiger partial charge on any atom is -0.492 e. The zero-order valence-corrected chi connectivity index (χ0v) is 16.5. The number of ether oxygens (including phenoxy) is 1. The molecule has 0 aliphatic carbocycles. The molecule has 0 atom stereocenters. The standard InChI is InChI=1S/C17H18Cl2N2O4S/c1-21(2)26(23,24)16-11-12(3-8-15(16)19)17(22)20-9-10-25-14-6-4-13(18)5-7-14/h3-8,11H,9-10H2,1-2H3,(H,20,22). The summed E-state index contributed by atoms with van der Waals surface area (Å²) in [4.78, 5) is 12.1. The van der Waals surface area contributed by atoms with Gasteiger partial charge in [0.25, 0.3) is 5.91 Å². The Labute approximate surface area is 162 Å². The fourth-order valence-electron chi connectivity index (χ4n) is 2.01. The number of halogens is 2. The predicted octanol–water partition coefficient (Wildman–Crippen LogP) is 3.05. The Balaban J connectivity index is 1.98. The van der Waals surface area contributed by atoms with E-state index in [0.717, 1.165) is 4.31 Å². The summed E-state index contributed by atoms with van der Waals surface area (Å²) in [6.45, 7) is 0.504. The quantitative estimate of drug-likeness (QED) is 0.703. The Hall–Kier alpha value is -1.80. The van der Waals surface area contributed by atoms with Crippen molar-refractivity contribution in [1.82, 2.24) is 9.62 Å². The van der Waals surface area contributed by atoms with Crippen LogP contribution in [0, 0.1) is 0 Å². The number of carbonyl (C=O) groups is 1. The van der Waals surface area contributed by atoms with Crippen LogP contribution in [0.5, 0.6) is 5.75 Å². The van der Waals surface area contributed by atoms with Crippen LogP contribution in [0.15, 0.2) is 47.4 Å². The molecule has 0 spiro atoms. The van der Waals surface area contributed by atoms with Crippen LogP contribution in [0.1, 0.15) is 10.4 Å². The van der Waals surface area contributed by atoms with Gasteiger partial charge in [-0.05, 0) is 42.5 Å². The molecule has 0 saturated carbocycles. The molecule has 9 heteroatoms. The van der Waals surface area contributed by atoms with Gasteiger partial charge in [0.05, 0.1) is 11.6 Å². The van der Waals surface area contributed by atoms with E-state index in [0.29, 0.717) is 10.8 Å². The van der Waals surface area contributed by atoms with Gasteiger partial charge in [-0.2, -0.15) is 0 Å². The molecule has 0 unspecified atom stereocenters. The molecule has 0 saturated heterocycles. The van der Waals surface area contributed by atoms with E-state index in [1.807, 2.05) is 0 Å². The van der Waals surface area contributed by atoms with Crippen molar-refractivity contribution in [3.8, 4) is 5.75 Å². The van der Waals surface area contributed by atoms with Crippen molar-refractivity contribution in [3.05, 3.63) is 58.1 Å². The average Bonchev–Trinajstić information content (AvgIpc) is 2.60. The largest absolute Gasteiger partial charge is 0.492 e. The summed E-state index contributed by atoms with van der Waals surface area (Å²) in [6, 6.07) is 11.0. The van der Waals surface area contributed by atoms with Gasteiger partial charge in [0.2, 0.25) is 10.0 Å². The number of amides is 1. The summed E-state index contributed by atoms with van der Waals surface area (Å²) < 4.78 is 31.0. The van der Waals surface area contributed by atoms with Gasteiger partial charge in [-0.1, -0.05) is 23.2 Å². The smallest absolute Gasteiger partial charge is 0.251 e. The van der Waals surface area contributed by atoms with E-state index in [2.05, 4.69) is 5.32 Å². The molecule has 1 N–H and O–H groups in total. The third-order valence-electron chi connectivity index (χ3n) is 3.42. The summed E-state index contributed by atoms with van der Waals surface area (Å²) in [6.07, 6.45) is 0. The number of rotatable bonds is 7. The van der Waals surface area contributed by atoms with Gasteiger partial charge in [0.15, 0.2) is 0 Å². The van der Waals surface area contributed by atoms with Gasteiger partial charge >= 0.3 is 0 Å². The molecule has 2 aromatic rings. The van der Waals surface area contributed by atoms with Gasteiger partial charge in [-0.15, -0.1) is 0 Å². The zero-order chi connectivity index (χ0) is 19.3. The Bertz CT molecular complexity index is 884. The average molecular weight is 417 g/mol. The van der Waals surface area contributed by atoms with Crippen LogP contribution in [0.4, 0.5) is 0 Å². The van der Waals surface area contributed by atoms with Crippen molar-refractivity contribution in [3.63, 3.8) is 0 Å². The molecular weight excluding hydrogens is 399 g/mol. The molecule has 0 aromatic heterocycles. The van der Waals surface area contributed by atoms with Gasteiger partial charge in [-0.25, -0.2) is 12.7 Å². The first-order chi connectivity index (χ1) is 12.2. The van der Waals surface area contributed by atoms with Crippen molar-refractivity contribution in [1.29, 1.82) is 0 Å². The van der Waals surface area contributed by atoms with Crippen LogP contribution in [-0.4, -0.2) is 45.9 Å². The van der Waals surface area contributed by atoms with Crippen LogP contribution < -0.4 is 10.1 Å². The molecule has 2 aromatic carbocycles. The zero-order valence-electron chi connectivity index (χ0n) is 14.2. The number of sulfonamides is 1. The number of carbonyl (C=O) groups excluding carboxylic acids is 1. The first kappa shape index (κ1) is 20.5. The lowest BCUT2D eigenvalue weighted by atomic mass is 10.2. The summed E-state index contributed by atoms with van der Waals surface area (Å²) in [7, 11) is -0.952. The topological polar surface area (TPSA) is 75.7 Å². The number of nitrogens with zero attached hydrogens (tertiary/aromatic N) is 1. The first-order valence-electron chi connectivity index (χ1n) is 7.60. The maximum Gasteiger partial charge on any atom is 0.251 e. The van der Waals surface area contributed by atoms with E-state index in [1.54, 1.807) is 24.3 Å². The van der Waals surface area contributed by atoms with E-state index in [9.17, 15) is 13.2 Å². The van der Waals surface area contributed by atoms with Crippen molar-refractivity contribution in [2.45, 2.75) is 4.90 Å². The second kappa shape index (κ2) is 8.73. The lowest BCUT2D eigenvalue weighted by molar-refractivity contribution is 0.0947. The SMILES string of the molecule is CN(C)S(=O)(=O)c1cc(C(=O)NCCOc2ccc(Cl)cc2)ccc1Cl. The number of benzene rings is 2. The Morgan fingerprint density at radius 2 is 1.77 bits per heavy atom. The highest BCUT2D eigenvalue weighted by Gasteiger charge is 2.22. The van der Waals surface area contributed by atoms with E-state index in [4.69, 9.17) is 27.9 Å². The summed E-state index contributed by atoms with van der Waals surface area (Å²) in [5, 5.41) is 3.33. The van der Waals surface area contributed by atoms with Crippen LogP contribution in [0.3, 0.4) is 0 Å². The van der Waals surface area contributed by atoms with Crippen LogP contribution in [0.2, 0.25) is 10.0 Å². The van der Waals surface area contributed by atoms with Crippen molar-refractivity contribution in [2.75, 3.05) is 27.2 Å². The molecule has 0 heterocycles. The van der Waals surface area contributed by atoms with Crippen LogP contribution in [-0.2, 0) is 10.0 Å². The summed E-state index contributed by atoms with van der Waals surface area (Å²) in [5.41, 5.74) is 0.196. The van der Waals surface area contributed by atoms with Gasteiger partial charge in [0, 0.05) is 24.7 Å². The fraction of sp³-hybridized carbons (Fsp3) is 0.235. The number of hydrogen-bond acceptors (Lipinski definition) is 4. The van der Waals surface area contributed by atoms with Gasteiger partial charge in [0.1, 0.15) is 17.3 Å². The molecule has 6 nitrogen and oxygen atoms in total. The van der Waals surface area contributed by atoms with E-state index in [1.165, 1.54) is 32.3 Å². The van der Waals surface area contributed by atoms with Crippen LogP contribution >= 0.6 is 23.2 Å². The van der Waals surface area contributed by atoms with E-state index in [-0.39, 0.29) is 28.6 Å². The maximum atomic E-state index is 12.2. The Morgan fingerprint density at radius 3 is 2.38 bits per heavy atom. The highest BCUT2D eigenvalue weighted by Crippen LogP contribution is 2.24. The Kier molecular flexibility index (Phi) is 6.88. The highest BCUT2D eigenvalue weighted by atomic mass is 35.5. The number of hydrogen-bond donors (Lipinski definition) is 1. The second-order valence-corrected chi connectivity index (χ2v) is 8.45.